The molecule has 2 aromatic rings. The second kappa shape index (κ2) is 8.60. The van der Waals surface area contributed by atoms with Gasteiger partial charge < -0.3 is 9.47 Å². The van der Waals surface area contributed by atoms with E-state index in [0.29, 0.717) is 18.2 Å². The van der Waals surface area contributed by atoms with Crippen LogP contribution in [0.1, 0.15) is 17.4 Å². The first-order chi connectivity index (χ1) is 12.3. The van der Waals surface area contributed by atoms with Gasteiger partial charge in [-0.25, -0.2) is 0 Å². The average molecular weight is 480 g/mol. The average Bonchev–Trinajstić information content (AvgIpc) is 3.10. The highest BCUT2D eigenvalue weighted by Gasteiger charge is 2.23. The minimum Gasteiger partial charge on any atom is -0.346 e. The van der Waals surface area contributed by atoms with Crippen molar-refractivity contribution in [2.24, 2.45) is 0 Å². The maximum absolute atomic E-state index is 11.1. The smallest absolute Gasteiger partial charge is 0.265 e. The van der Waals surface area contributed by atoms with Crippen LogP contribution in [-0.2, 0) is 26.0 Å². The third kappa shape index (κ3) is 5.22. The van der Waals surface area contributed by atoms with Crippen LogP contribution in [0.4, 0.5) is 0 Å². The van der Waals surface area contributed by atoms with Crippen molar-refractivity contribution in [2.75, 3.05) is 19.0 Å². The number of ether oxygens (including phenoxy) is 2. The van der Waals surface area contributed by atoms with Gasteiger partial charge in [-0.05, 0) is 36.2 Å². The molecule has 3 rings (SSSR count). The van der Waals surface area contributed by atoms with Gasteiger partial charge in [-0.1, -0.05) is 51.4 Å². The van der Waals surface area contributed by atoms with Gasteiger partial charge in [0.2, 0.25) is 0 Å². The Morgan fingerprint density at radius 3 is 2.65 bits per heavy atom. The fourth-order valence-electron chi connectivity index (χ4n) is 2.55. The molecule has 9 heteroatoms. The largest absolute Gasteiger partial charge is 0.346 e. The Bertz CT molecular complexity index is 898. The van der Waals surface area contributed by atoms with E-state index in [2.05, 4.69) is 15.9 Å². The first kappa shape index (κ1) is 20.1. The molecule has 0 bridgehead atoms. The first-order valence-corrected chi connectivity index (χ1v) is 11.4. The number of aryl methyl sites for hydroxylation is 1. The Morgan fingerprint density at radius 2 is 1.96 bits per heavy atom. The summed E-state index contributed by atoms with van der Waals surface area (Å²) in [6.45, 7) is 1.07. The van der Waals surface area contributed by atoms with E-state index >= 15 is 0 Å². The fourth-order valence-corrected chi connectivity index (χ4v) is 4.81. The quantitative estimate of drug-likeness (QED) is 0.604. The number of rotatable bonds is 6. The summed E-state index contributed by atoms with van der Waals surface area (Å²) >= 11 is 11.3. The van der Waals surface area contributed by atoms with E-state index in [1.807, 2.05) is 18.2 Å². The molecule has 0 spiro atoms. The molecule has 0 aliphatic carbocycles. The maximum Gasteiger partial charge on any atom is 0.265 e. The van der Waals surface area contributed by atoms with Crippen molar-refractivity contribution >= 4 is 49.4 Å². The van der Waals surface area contributed by atoms with Crippen LogP contribution in [0, 0.1) is 0 Å². The van der Waals surface area contributed by atoms with Crippen LogP contribution in [0.25, 0.3) is 0 Å². The third-order valence-electron chi connectivity index (χ3n) is 3.74. The van der Waals surface area contributed by atoms with Crippen LogP contribution in [0.5, 0.6) is 0 Å². The summed E-state index contributed by atoms with van der Waals surface area (Å²) < 4.78 is 43.4. The molecule has 0 aromatic heterocycles. The Hall–Kier alpha value is -0.610. The summed E-state index contributed by atoms with van der Waals surface area (Å²) in [5, 5.41) is 0.518. The van der Waals surface area contributed by atoms with Crippen molar-refractivity contribution in [2.45, 2.75) is 22.5 Å². The highest BCUT2D eigenvalue weighted by atomic mass is 79.9. The van der Waals surface area contributed by atoms with Gasteiger partial charge in [-0.15, -0.1) is 0 Å². The molecule has 0 atom stereocenters. The summed E-state index contributed by atoms with van der Waals surface area (Å²) in [4.78, 5) is 1.65. The van der Waals surface area contributed by atoms with E-state index in [0.717, 1.165) is 25.4 Å². The third-order valence-corrected chi connectivity index (χ3v) is 6.66. The van der Waals surface area contributed by atoms with Crippen LogP contribution in [0.3, 0.4) is 0 Å². The number of hydrogen-bond donors (Lipinski definition) is 1. The highest BCUT2D eigenvalue weighted by Crippen LogP contribution is 2.41. The monoisotopic (exact) mass is 478 g/mol. The molecular formula is C17H16BrClO5S2. The lowest BCUT2D eigenvalue weighted by Gasteiger charge is -2.17. The molecule has 1 heterocycles. The Labute approximate surface area is 169 Å². The van der Waals surface area contributed by atoms with Crippen molar-refractivity contribution in [1.29, 1.82) is 0 Å². The summed E-state index contributed by atoms with van der Waals surface area (Å²) in [6.07, 6.45) is -0.275. The van der Waals surface area contributed by atoms with Crippen LogP contribution in [0.15, 0.2) is 50.7 Å². The zero-order valence-electron chi connectivity index (χ0n) is 13.5. The lowest BCUT2D eigenvalue weighted by atomic mass is 10.2. The van der Waals surface area contributed by atoms with Gasteiger partial charge in [0.05, 0.1) is 24.0 Å². The molecule has 1 saturated heterocycles. The Kier molecular flexibility index (Phi) is 6.66. The molecule has 1 aliphatic rings. The van der Waals surface area contributed by atoms with Gasteiger partial charge >= 0.3 is 0 Å². The molecule has 1 fully saturated rings. The van der Waals surface area contributed by atoms with Crippen LogP contribution in [-0.4, -0.2) is 31.9 Å². The topological polar surface area (TPSA) is 72.8 Å². The highest BCUT2D eigenvalue weighted by molar-refractivity contribution is 9.10. The zero-order valence-corrected chi connectivity index (χ0v) is 17.5. The molecule has 0 saturated carbocycles. The van der Waals surface area contributed by atoms with E-state index in [4.69, 9.17) is 25.6 Å². The molecule has 1 aliphatic heterocycles. The van der Waals surface area contributed by atoms with Crippen molar-refractivity contribution in [3.8, 4) is 0 Å². The van der Waals surface area contributed by atoms with Crippen molar-refractivity contribution in [3.05, 3.63) is 57.0 Å². The molecule has 1 N–H and O–H groups in total. The van der Waals surface area contributed by atoms with E-state index in [1.54, 1.807) is 18.2 Å². The molecule has 0 unspecified atom stereocenters. The SMILES string of the molecule is O=S(=O)(O)CCc1cccc(Cl)c1Sc1ccc(Br)cc1C1OCCO1. The molecule has 26 heavy (non-hydrogen) atoms. The second-order valence-electron chi connectivity index (χ2n) is 5.62. The minimum atomic E-state index is -4.05. The van der Waals surface area contributed by atoms with Gasteiger partial charge in [-0.2, -0.15) is 8.42 Å². The lowest BCUT2D eigenvalue weighted by Crippen LogP contribution is -2.07. The number of halogens is 2. The van der Waals surface area contributed by atoms with Gasteiger partial charge in [-0.3, -0.25) is 4.55 Å². The minimum absolute atomic E-state index is 0.171. The predicted octanol–water partition coefficient (Wildman–Crippen LogP) is 4.73. The van der Waals surface area contributed by atoms with Gasteiger partial charge in [0.15, 0.2) is 6.29 Å². The van der Waals surface area contributed by atoms with Crippen LogP contribution >= 0.6 is 39.3 Å². The van der Waals surface area contributed by atoms with Crippen molar-refractivity contribution < 1.29 is 22.4 Å². The van der Waals surface area contributed by atoms with Gasteiger partial charge in [0, 0.05) is 19.8 Å². The van der Waals surface area contributed by atoms with Crippen molar-refractivity contribution in [1.82, 2.24) is 0 Å². The summed E-state index contributed by atoms with van der Waals surface area (Å²) in [5.41, 5.74) is 1.63. The van der Waals surface area contributed by atoms with Gasteiger partial charge in [0.1, 0.15) is 0 Å². The Balaban J connectivity index is 1.94. The zero-order chi connectivity index (χ0) is 18.7. The van der Waals surface area contributed by atoms with Crippen LogP contribution in [0.2, 0.25) is 5.02 Å². The van der Waals surface area contributed by atoms with E-state index in [1.165, 1.54) is 11.8 Å². The summed E-state index contributed by atoms with van der Waals surface area (Å²) in [5.74, 6) is -0.358. The summed E-state index contributed by atoms with van der Waals surface area (Å²) in [7, 11) is -4.05. The molecule has 5 nitrogen and oxygen atoms in total. The first-order valence-electron chi connectivity index (χ1n) is 7.76. The molecule has 140 valence electrons. The second-order valence-corrected chi connectivity index (χ2v) is 9.57. The predicted molar refractivity (Wildman–Crippen MR) is 104 cm³/mol. The molecule has 2 aromatic carbocycles. The van der Waals surface area contributed by atoms with Crippen LogP contribution < -0.4 is 0 Å². The van der Waals surface area contributed by atoms with E-state index in [-0.39, 0.29) is 12.2 Å². The molecule has 0 amide bonds. The lowest BCUT2D eigenvalue weighted by molar-refractivity contribution is -0.0460. The number of hydrogen-bond acceptors (Lipinski definition) is 5. The van der Waals surface area contributed by atoms with E-state index < -0.39 is 16.4 Å². The molecular weight excluding hydrogens is 464 g/mol. The van der Waals surface area contributed by atoms with E-state index in [9.17, 15) is 8.42 Å². The van der Waals surface area contributed by atoms with Gasteiger partial charge in [0.25, 0.3) is 10.1 Å². The molecule has 0 radical (unpaired) electrons. The number of benzene rings is 2. The summed E-state index contributed by atoms with van der Waals surface area (Å²) in [6, 6.07) is 11.1. The normalized spacial score (nSPS) is 15.5. The van der Waals surface area contributed by atoms with Crippen molar-refractivity contribution in [3.63, 3.8) is 0 Å². The fraction of sp³-hybridized carbons (Fsp3) is 0.294. The standard InChI is InChI=1S/C17H16BrClO5S2/c18-12-4-5-15(13(10-12)17-23-7-8-24-17)25-16-11(2-1-3-14(16)19)6-9-26(20,21)22/h1-5,10,17H,6-9H2,(H,20,21,22). The maximum atomic E-state index is 11.1. The Morgan fingerprint density at radius 1 is 1.23 bits per heavy atom.